The minimum Gasteiger partial charge on any atom is -0.266 e. The molecule has 1 atom stereocenters. The minimum absolute atomic E-state index is 0.0127. The van der Waals surface area contributed by atoms with E-state index in [2.05, 4.69) is 4.98 Å². The Morgan fingerprint density at radius 2 is 2.13 bits per heavy atom. The van der Waals surface area contributed by atoms with E-state index in [1.165, 1.54) is 16.3 Å². The number of aromatic nitrogens is 1. The van der Waals surface area contributed by atoms with Crippen molar-refractivity contribution in [2.75, 3.05) is 25.6 Å². The third kappa shape index (κ3) is 3.47. The Hall–Kier alpha value is -1.29. The first-order chi connectivity index (χ1) is 10.9. The number of hydrazine groups is 1. The summed E-state index contributed by atoms with van der Waals surface area (Å²) in [7, 11) is 0.434. The third-order valence-corrected chi connectivity index (χ3v) is 7.28. The number of hydrogen-bond acceptors (Lipinski definition) is 7. The van der Waals surface area contributed by atoms with E-state index in [1.54, 1.807) is 35.8 Å². The largest absolute Gasteiger partial charge is 0.287 e. The van der Waals surface area contributed by atoms with Crippen molar-refractivity contribution in [1.82, 2.24) is 15.0 Å². The molecule has 0 spiro atoms. The highest BCUT2D eigenvalue weighted by molar-refractivity contribution is 7.91. The fraction of sp³-hybridized carbons (Fsp3) is 0.429. The van der Waals surface area contributed by atoms with Gasteiger partial charge in [0, 0.05) is 19.5 Å². The quantitative estimate of drug-likeness (QED) is 0.769. The molecule has 1 saturated heterocycles. The molecule has 0 saturated carbocycles. The Kier molecular flexibility index (Phi) is 4.54. The van der Waals surface area contributed by atoms with Crippen LogP contribution in [0.5, 0.6) is 0 Å². The second-order valence-corrected chi connectivity index (χ2v) is 9.60. The fourth-order valence-electron chi connectivity index (χ4n) is 2.65. The normalized spacial score (nSPS) is 20.0. The lowest BCUT2D eigenvalue weighted by molar-refractivity contribution is 0.000550. The Labute approximate surface area is 143 Å². The van der Waals surface area contributed by atoms with Gasteiger partial charge in [-0.1, -0.05) is 6.07 Å². The van der Waals surface area contributed by atoms with E-state index in [0.717, 1.165) is 9.88 Å². The van der Waals surface area contributed by atoms with Crippen molar-refractivity contribution >= 4 is 38.4 Å². The minimum atomic E-state index is -3.06. The molecule has 1 fully saturated rings. The van der Waals surface area contributed by atoms with E-state index in [9.17, 15) is 13.2 Å². The Bertz CT molecular complexity index is 796. The molecule has 2 aromatic heterocycles. The lowest BCUT2D eigenvalue weighted by Crippen LogP contribution is -2.49. The first kappa shape index (κ1) is 16.6. The molecule has 0 aliphatic carbocycles. The van der Waals surface area contributed by atoms with Crippen LogP contribution in [0.4, 0.5) is 0 Å². The van der Waals surface area contributed by atoms with Crippen molar-refractivity contribution in [1.29, 1.82) is 0 Å². The maximum atomic E-state index is 12.8. The molecule has 6 nitrogen and oxygen atoms in total. The Morgan fingerprint density at radius 3 is 2.70 bits per heavy atom. The van der Waals surface area contributed by atoms with Crippen LogP contribution < -0.4 is 0 Å². The summed E-state index contributed by atoms with van der Waals surface area (Å²) in [6.45, 7) is 0. The van der Waals surface area contributed by atoms with Crippen molar-refractivity contribution in [2.45, 2.75) is 12.5 Å². The molecule has 1 aliphatic rings. The summed E-state index contributed by atoms with van der Waals surface area (Å²) in [5.41, 5.74) is 0.358. The van der Waals surface area contributed by atoms with Crippen molar-refractivity contribution in [3.05, 3.63) is 28.6 Å². The van der Waals surface area contributed by atoms with Gasteiger partial charge in [-0.05, 0) is 17.9 Å². The molecule has 9 heteroatoms. The molecule has 0 unspecified atom stereocenters. The Balaban J connectivity index is 1.85. The summed E-state index contributed by atoms with van der Waals surface area (Å²) < 4.78 is 23.4. The van der Waals surface area contributed by atoms with Crippen molar-refractivity contribution in [2.24, 2.45) is 0 Å². The number of hydrogen-bond donors (Lipinski definition) is 0. The molecule has 2 aromatic rings. The number of thiazole rings is 1. The summed E-state index contributed by atoms with van der Waals surface area (Å²) >= 11 is 3.00. The van der Waals surface area contributed by atoms with Gasteiger partial charge in [0.15, 0.2) is 9.84 Å². The molecule has 3 rings (SSSR count). The number of sulfone groups is 1. The molecular weight excluding hydrogens is 354 g/mol. The standard InChI is InChI=1S/C14H17N3O3S3/c1-16(2)17(10-5-7-23(19,20)9-10)14(18)11-8-22-13(15-11)12-4-3-6-21-12/h3-4,6,8,10H,5,7,9H2,1-2H3/t10-/m1/s1. The van der Waals surface area contributed by atoms with Gasteiger partial charge in [0.05, 0.1) is 22.4 Å². The fourth-order valence-corrected chi connectivity index (χ4v) is 5.95. The van der Waals surface area contributed by atoms with Gasteiger partial charge in [-0.3, -0.25) is 9.80 Å². The average molecular weight is 372 g/mol. The smallest absolute Gasteiger partial charge is 0.266 e. The predicted molar refractivity (Wildman–Crippen MR) is 92.3 cm³/mol. The van der Waals surface area contributed by atoms with Crippen LogP contribution in [0.1, 0.15) is 16.9 Å². The van der Waals surface area contributed by atoms with E-state index in [4.69, 9.17) is 0 Å². The highest BCUT2D eigenvalue weighted by atomic mass is 32.2. The summed E-state index contributed by atoms with van der Waals surface area (Å²) in [5, 5.41) is 7.67. The predicted octanol–water partition coefficient (Wildman–Crippen LogP) is 1.98. The topological polar surface area (TPSA) is 70.6 Å². The lowest BCUT2D eigenvalue weighted by Gasteiger charge is -2.33. The zero-order chi connectivity index (χ0) is 16.6. The van der Waals surface area contributed by atoms with E-state index in [-0.39, 0.29) is 23.5 Å². The van der Waals surface area contributed by atoms with Crippen LogP contribution in [0.2, 0.25) is 0 Å². The van der Waals surface area contributed by atoms with E-state index in [0.29, 0.717) is 12.1 Å². The second-order valence-electron chi connectivity index (χ2n) is 5.57. The zero-order valence-corrected chi connectivity index (χ0v) is 15.2. The second kappa shape index (κ2) is 6.31. The molecule has 1 aliphatic heterocycles. The molecule has 0 radical (unpaired) electrons. The van der Waals surface area contributed by atoms with Gasteiger partial charge in [0.1, 0.15) is 10.7 Å². The van der Waals surface area contributed by atoms with E-state index in [1.807, 2.05) is 17.5 Å². The lowest BCUT2D eigenvalue weighted by atomic mass is 10.2. The number of thiophene rings is 1. The monoisotopic (exact) mass is 371 g/mol. The first-order valence-corrected chi connectivity index (χ1v) is 10.7. The van der Waals surface area contributed by atoms with Gasteiger partial charge in [-0.15, -0.1) is 22.7 Å². The van der Waals surface area contributed by atoms with Crippen molar-refractivity contribution < 1.29 is 13.2 Å². The number of rotatable bonds is 4. The Morgan fingerprint density at radius 1 is 1.35 bits per heavy atom. The van der Waals surface area contributed by atoms with Gasteiger partial charge in [0.2, 0.25) is 0 Å². The molecule has 1 amide bonds. The van der Waals surface area contributed by atoms with E-state index >= 15 is 0 Å². The van der Waals surface area contributed by atoms with Gasteiger partial charge in [0.25, 0.3) is 5.91 Å². The SMILES string of the molecule is CN(C)N(C(=O)c1csc(-c2cccs2)n1)[C@@H]1CCS(=O)(=O)C1. The van der Waals surface area contributed by atoms with Gasteiger partial charge in [-0.25, -0.2) is 18.4 Å². The maximum Gasteiger partial charge on any atom is 0.287 e. The number of nitrogens with zero attached hydrogens (tertiary/aromatic N) is 3. The molecule has 23 heavy (non-hydrogen) atoms. The van der Waals surface area contributed by atoms with Crippen LogP contribution >= 0.6 is 22.7 Å². The molecule has 124 valence electrons. The highest BCUT2D eigenvalue weighted by Crippen LogP contribution is 2.29. The van der Waals surface area contributed by atoms with Crippen LogP contribution in [0.15, 0.2) is 22.9 Å². The van der Waals surface area contributed by atoms with Gasteiger partial charge >= 0.3 is 0 Å². The average Bonchev–Trinajstić information content (AvgIpc) is 3.17. The van der Waals surface area contributed by atoms with Gasteiger partial charge < -0.3 is 0 Å². The van der Waals surface area contributed by atoms with E-state index < -0.39 is 9.84 Å². The number of amides is 1. The van der Waals surface area contributed by atoms with Crippen LogP contribution in [0.3, 0.4) is 0 Å². The van der Waals surface area contributed by atoms with Crippen molar-refractivity contribution in [3.8, 4) is 9.88 Å². The molecule has 3 heterocycles. The van der Waals surface area contributed by atoms with Gasteiger partial charge in [-0.2, -0.15) is 0 Å². The van der Waals surface area contributed by atoms with Crippen LogP contribution in [-0.4, -0.2) is 61.0 Å². The maximum absolute atomic E-state index is 12.8. The summed E-state index contributed by atoms with van der Waals surface area (Å²) in [5.74, 6) is -0.109. The highest BCUT2D eigenvalue weighted by Gasteiger charge is 2.37. The van der Waals surface area contributed by atoms with Crippen molar-refractivity contribution in [3.63, 3.8) is 0 Å². The molecule has 0 N–H and O–H groups in total. The third-order valence-electron chi connectivity index (χ3n) is 3.65. The van der Waals surface area contributed by atoms with Crippen LogP contribution in [0, 0.1) is 0 Å². The first-order valence-electron chi connectivity index (χ1n) is 7.08. The molecular formula is C14H17N3O3S3. The number of carbonyl (C=O) groups is 1. The van der Waals surface area contributed by atoms with Crippen LogP contribution in [0.25, 0.3) is 9.88 Å². The molecule has 0 bridgehead atoms. The summed E-state index contributed by atoms with van der Waals surface area (Å²) in [6, 6.07) is 3.58. The molecule has 0 aromatic carbocycles. The number of carbonyl (C=O) groups excluding carboxylic acids is 1. The zero-order valence-electron chi connectivity index (χ0n) is 12.8. The summed E-state index contributed by atoms with van der Waals surface area (Å²) in [6.07, 6.45) is 0.466. The summed E-state index contributed by atoms with van der Waals surface area (Å²) in [4.78, 5) is 18.3. The van der Waals surface area contributed by atoms with Crippen LogP contribution in [-0.2, 0) is 9.84 Å².